The van der Waals surface area contributed by atoms with Gasteiger partial charge in [-0.3, -0.25) is 4.79 Å². The van der Waals surface area contributed by atoms with E-state index in [0.29, 0.717) is 24.4 Å². The van der Waals surface area contributed by atoms with Crippen LogP contribution in [0.1, 0.15) is 71.6 Å². The highest BCUT2D eigenvalue weighted by molar-refractivity contribution is 5.76. The Hall–Kier alpha value is -0.570. The van der Waals surface area contributed by atoms with Crippen LogP contribution in [0, 0.1) is 17.8 Å². The van der Waals surface area contributed by atoms with E-state index in [4.69, 9.17) is 5.73 Å². The van der Waals surface area contributed by atoms with Gasteiger partial charge in [0.05, 0.1) is 0 Å². The second-order valence-electron chi connectivity index (χ2n) is 7.26. The number of carbonyl (C=O) groups excluding carboxylic acids is 1. The van der Waals surface area contributed by atoms with Crippen molar-refractivity contribution in [2.75, 3.05) is 0 Å². The molecule has 0 spiro atoms. The van der Waals surface area contributed by atoms with Gasteiger partial charge in [-0.05, 0) is 56.3 Å². The Morgan fingerprint density at radius 1 is 1.10 bits per heavy atom. The summed E-state index contributed by atoms with van der Waals surface area (Å²) in [5.74, 6) is 2.36. The van der Waals surface area contributed by atoms with E-state index >= 15 is 0 Å². The molecule has 0 radical (unpaired) electrons. The number of nitrogens with two attached hydrogens (primary N) is 1. The monoisotopic (exact) mass is 280 g/mol. The van der Waals surface area contributed by atoms with Crippen LogP contribution in [-0.2, 0) is 4.79 Å². The van der Waals surface area contributed by atoms with Gasteiger partial charge >= 0.3 is 0 Å². The Labute approximate surface area is 124 Å². The van der Waals surface area contributed by atoms with E-state index in [1.807, 2.05) is 0 Å². The van der Waals surface area contributed by atoms with Crippen LogP contribution in [0.2, 0.25) is 0 Å². The molecular formula is C17H32N2O. The number of amides is 1. The maximum atomic E-state index is 12.1. The number of nitrogens with one attached hydrogen (secondary N) is 1. The van der Waals surface area contributed by atoms with E-state index in [9.17, 15) is 4.79 Å². The highest BCUT2D eigenvalue weighted by atomic mass is 16.1. The molecule has 2 fully saturated rings. The van der Waals surface area contributed by atoms with Crippen molar-refractivity contribution >= 4 is 5.91 Å². The van der Waals surface area contributed by atoms with Gasteiger partial charge in [0.15, 0.2) is 0 Å². The minimum atomic E-state index is 0.269. The summed E-state index contributed by atoms with van der Waals surface area (Å²) in [5, 5.41) is 3.28. The summed E-state index contributed by atoms with van der Waals surface area (Å²) in [6.45, 7) is 4.60. The van der Waals surface area contributed by atoms with Crippen molar-refractivity contribution in [3.63, 3.8) is 0 Å². The van der Waals surface area contributed by atoms with Gasteiger partial charge in [0.1, 0.15) is 0 Å². The van der Waals surface area contributed by atoms with Gasteiger partial charge in [0.2, 0.25) is 5.91 Å². The zero-order chi connectivity index (χ0) is 14.5. The van der Waals surface area contributed by atoms with E-state index < -0.39 is 0 Å². The molecule has 0 aromatic rings. The highest BCUT2D eigenvalue weighted by Gasteiger charge is 2.28. The Balaban J connectivity index is 1.67. The van der Waals surface area contributed by atoms with Crippen molar-refractivity contribution in [3.05, 3.63) is 0 Å². The van der Waals surface area contributed by atoms with E-state index in [2.05, 4.69) is 19.2 Å². The first-order valence-electron chi connectivity index (χ1n) is 8.61. The Bertz CT molecular complexity index is 310. The maximum Gasteiger partial charge on any atom is 0.220 e. The number of carbonyl (C=O) groups is 1. The molecule has 0 aromatic heterocycles. The quantitative estimate of drug-likeness (QED) is 0.830. The minimum Gasteiger partial charge on any atom is -0.353 e. The fourth-order valence-electron chi connectivity index (χ4n) is 3.88. The van der Waals surface area contributed by atoms with Gasteiger partial charge in [-0.25, -0.2) is 0 Å². The smallest absolute Gasteiger partial charge is 0.220 e. The zero-order valence-corrected chi connectivity index (χ0v) is 13.2. The van der Waals surface area contributed by atoms with Gasteiger partial charge in [0.25, 0.3) is 0 Å². The molecule has 3 heteroatoms. The molecule has 2 saturated carbocycles. The maximum absolute atomic E-state index is 12.1. The first kappa shape index (κ1) is 15.8. The topological polar surface area (TPSA) is 55.1 Å². The molecule has 2 aliphatic rings. The van der Waals surface area contributed by atoms with Crippen molar-refractivity contribution in [3.8, 4) is 0 Å². The van der Waals surface area contributed by atoms with Crippen LogP contribution >= 0.6 is 0 Å². The summed E-state index contributed by atoms with van der Waals surface area (Å²) < 4.78 is 0. The fourth-order valence-corrected chi connectivity index (χ4v) is 3.88. The molecule has 3 nitrogen and oxygen atoms in total. The van der Waals surface area contributed by atoms with Crippen LogP contribution in [0.25, 0.3) is 0 Å². The number of hydrogen-bond donors (Lipinski definition) is 2. The molecule has 1 amide bonds. The summed E-state index contributed by atoms with van der Waals surface area (Å²) in [7, 11) is 0. The minimum absolute atomic E-state index is 0.269. The summed E-state index contributed by atoms with van der Waals surface area (Å²) >= 11 is 0. The third-order valence-corrected chi connectivity index (χ3v) is 5.72. The van der Waals surface area contributed by atoms with Crippen LogP contribution in [-0.4, -0.2) is 18.0 Å². The SMILES string of the molecule is CC1CCCC(NC(=O)CCC2CCC(N)CC2)C1C. The highest BCUT2D eigenvalue weighted by Crippen LogP contribution is 2.30. The standard InChI is InChI=1S/C17H32N2O/c1-12-4-3-5-16(13(12)2)19-17(20)11-8-14-6-9-15(18)10-7-14/h12-16H,3-11,18H2,1-2H3,(H,19,20). The van der Waals surface area contributed by atoms with E-state index in [1.54, 1.807) is 0 Å². The lowest BCUT2D eigenvalue weighted by atomic mass is 9.78. The first-order chi connectivity index (χ1) is 9.56. The molecule has 0 bridgehead atoms. The van der Waals surface area contributed by atoms with Crippen molar-refractivity contribution in [2.45, 2.75) is 83.7 Å². The molecule has 0 saturated heterocycles. The van der Waals surface area contributed by atoms with Crippen molar-refractivity contribution in [1.82, 2.24) is 5.32 Å². The van der Waals surface area contributed by atoms with Crippen molar-refractivity contribution < 1.29 is 4.79 Å². The Morgan fingerprint density at radius 3 is 2.50 bits per heavy atom. The molecule has 2 aliphatic carbocycles. The van der Waals surface area contributed by atoms with Crippen LogP contribution < -0.4 is 11.1 Å². The summed E-state index contributed by atoms with van der Waals surface area (Å²) in [6.07, 6.45) is 10.2. The van der Waals surface area contributed by atoms with E-state index in [-0.39, 0.29) is 5.91 Å². The predicted molar refractivity (Wildman–Crippen MR) is 83.3 cm³/mol. The van der Waals surface area contributed by atoms with Crippen molar-refractivity contribution in [1.29, 1.82) is 0 Å². The average Bonchev–Trinajstić information content (AvgIpc) is 2.43. The third kappa shape index (κ3) is 4.47. The molecule has 116 valence electrons. The fraction of sp³-hybridized carbons (Fsp3) is 0.941. The lowest BCUT2D eigenvalue weighted by Gasteiger charge is -2.34. The second kappa shape index (κ2) is 7.44. The number of hydrogen-bond acceptors (Lipinski definition) is 2. The molecule has 2 rings (SSSR count). The second-order valence-corrected chi connectivity index (χ2v) is 7.26. The van der Waals surface area contributed by atoms with E-state index in [0.717, 1.165) is 37.5 Å². The summed E-state index contributed by atoms with van der Waals surface area (Å²) in [5.41, 5.74) is 5.93. The zero-order valence-electron chi connectivity index (χ0n) is 13.2. The molecule has 0 heterocycles. The van der Waals surface area contributed by atoms with Crippen LogP contribution in [0.4, 0.5) is 0 Å². The van der Waals surface area contributed by atoms with Gasteiger partial charge < -0.3 is 11.1 Å². The Morgan fingerprint density at radius 2 is 1.80 bits per heavy atom. The molecule has 3 unspecified atom stereocenters. The molecule has 20 heavy (non-hydrogen) atoms. The van der Waals surface area contributed by atoms with Gasteiger partial charge in [-0.1, -0.05) is 26.7 Å². The molecule has 0 aliphatic heterocycles. The first-order valence-corrected chi connectivity index (χ1v) is 8.61. The summed E-state index contributed by atoms with van der Waals surface area (Å²) in [6, 6.07) is 0.815. The lowest BCUT2D eigenvalue weighted by Crippen LogP contribution is -2.43. The van der Waals surface area contributed by atoms with Crippen LogP contribution in [0.5, 0.6) is 0 Å². The molecule has 3 N–H and O–H groups in total. The largest absolute Gasteiger partial charge is 0.353 e. The van der Waals surface area contributed by atoms with E-state index in [1.165, 1.54) is 25.7 Å². The van der Waals surface area contributed by atoms with Crippen molar-refractivity contribution in [2.24, 2.45) is 23.5 Å². The van der Waals surface area contributed by atoms with Gasteiger partial charge in [0, 0.05) is 18.5 Å². The average molecular weight is 280 g/mol. The Kier molecular flexibility index (Phi) is 5.88. The molecule has 0 aromatic carbocycles. The third-order valence-electron chi connectivity index (χ3n) is 5.72. The van der Waals surface area contributed by atoms with Gasteiger partial charge in [-0.15, -0.1) is 0 Å². The molecular weight excluding hydrogens is 248 g/mol. The normalized spacial score (nSPS) is 38.5. The van der Waals surface area contributed by atoms with Crippen LogP contribution in [0.3, 0.4) is 0 Å². The predicted octanol–water partition coefficient (Wildman–Crippen LogP) is 3.23. The summed E-state index contributed by atoms with van der Waals surface area (Å²) in [4.78, 5) is 12.1. The number of rotatable bonds is 4. The van der Waals surface area contributed by atoms with Crippen LogP contribution in [0.15, 0.2) is 0 Å². The van der Waals surface area contributed by atoms with Gasteiger partial charge in [-0.2, -0.15) is 0 Å². The lowest BCUT2D eigenvalue weighted by molar-refractivity contribution is -0.122. The molecule has 3 atom stereocenters.